The standard InChI is InChI=1S/C10H7ClN6O2S2/c11-10-14-4-8(20-10)21(18,19)16-7-2-1-3-13-9(7)17-6-12-5-15-17/h1-6,16H. The van der Waals surface area contributed by atoms with Gasteiger partial charge in [-0.1, -0.05) is 22.9 Å². The van der Waals surface area contributed by atoms with Gasteiger partial charge in [-0.2, -0.15) is 5.10 Å². The van der Waals surface area contributed by atoms with Crippen molar-refractivity contribution in [3.63, 3.8) is 0 Å². The lowest BCUT2D eigenvalue weighted by atomic mass is 10.4. The van der Waals surface area contributed by atoms with Crippen LogP contribution >= 0.6 is 22.9 Å². The summed E-state index contributed by atoms with van der Waals surface area (Å²) < 4.78 is 28.5. The first-order chi connectivity index (χ1) is 10.1. The van der Waals surface area contributed by atoms with E-state index in [4.69, 9.17) is 11.6 Å². The van der Waals surface area contributed by atoms with Gasteiger partial charge in [0.2, 0.25) is 0 Å². The van der Waals surface area contributed by atoms with Gasteiger partial charge in [0.25, 0.3) is 10.0 Å². The lowest BCUT2D eigenvalue weighted by Crippen LogP contribution is -2.14. The summed E-state index contributed by atoms with van der Waals surface area (Å²) in [7, 11) is -3.79. The number of anilines is 1. The molecule has 0 bridgehead atoms. The summed E-state index contributed by atoms with van der Waals surface area (Å²) in [5.74, 6) is 0.314. The highest BCUT2D eigenvalue weighted by Gasteiger charge is 2.20. The van der Waals surface area contributed by atoms with Crippen molar-refractivity contribution in [2.75, 3.05) is 4.72 Å². The second-order valence-corrected chi connectivity index (χ2v) is 7.27. The number of aromatic nitrogens is 5. The number of nitrogens with one attached hydrogen (secondary N) is 1. The van der Waals surface area contributed by atoms with Crippen LogP contribution in [0.4, 0.5) is 5.69 Å². The molecule has 1 N–H and O–H groups in total. The molecule has 21 heavy (non-hydrogen) atoms. The fourth-order valence-electron chi connectivity index (χ4n) is 1.54. The molecule has 3 aromatic heterocycles. The summed E-state index contributed by atoms with van der Waals surface area (Å²) in [6.07, 6.45) is 5.47. The van der Waals surface area contributed by atoms with Crippen LogP contribution < -0.4 is 4.72 Å². The second kappa shape index (κ2) is 5.39. The van der Waals surface area contributed by atoms with Gasteiger partial charge in [0, 0.05) is 6.20 Å². The zero-order chi connectivity index (χ0) is 14.9. The van der Waals surface area contributed by atoms with E-state index in [9.17, 15) is 8.42 Å². The van der Waals surface area contributed by atoms with Crippen LogP contribution in [0.1, 0.15) is 0 Å². The van der Waals surface area contributed by atoms with Crippen molar-refractivity contribution in [1.29, 1.82) is 0 Å². The Morgan fingerprint density at radius 2 is 2.19 bits per heavy atom. The summed E-state index contributed by atoms with van der Waals surface area (Å²) in [4.78, 5) is 11.6. The minimum absolute atomic E-state index is 0.0147. The van der Waals surface area contributed by atoms with Crippen LogP contribution in [0.25, 0.3) is 5.82 Å². The molecule has 0 saturated carbocycles. The average molecular weight is 343 g/mol. The first-order valence-corrected chi connectivity index (χ1v) is 8.18. The Balaban J connectivity index is 1.99. The van der Waals surface area contributed by atoms with Crippen LogP contribution in [-0.2, 0) is 10.0 Å². The van der Waals surface area contributed by atoms with E-state index in [2.05, 4.69) is 24.8 Å². The normalized spacial score (nSPS) is 11.5. The maximum Gasteiger partial charge on any atom is 0.273 e. The van der Waals surface area contributed by atoms with Crippen LogP contribution in [0.5, 0.6) is 0 Å². The second-order valence-electron chi connectivity index (χ2n) is 3.75. The molecule has 0 saturated heterocycles. The van der Waals surface area contributed by atoms with Crippen molar-refractivity contribution in [3.8, 4) is 5.82 Å². The van der Waals surface area contributed by atoms with E-state index in [-0.39, 0.29) is 14.4 Å². The minimum Gasteiger partial charge on any atom is -0.275 e. The fourth-order valence-corrected chi connectivity index (χ4v) is 3.89. The highest BCUT2D eigenvalue weighted by atomic mass is 35.5. The van der Waals surface area contributed by atoms with Crippen molar-refractivity contribution < 1.29 is 8.42 Å². The molecule has 0 aliphatic heterocycles. The van der Waals surface area contributed by atoms with Crippen molar-refractivity contribution in [1.82, 2.24) is 24.7 Å². The molecule has 0 atom stereocenters. The van der Waals surface area contributed by atoms with E-state index in [1.54, 1.807) is 12.1 Å². The highest BCUT2D eigenvalue weighted by Crippen LogP contribution is 2.26. The van der Waals surface area contributed by atoms with Crippen molar-refractivity contribution in [3.05, 3.63) is 41.6 Å². The third-order valence-electron chi connectivity index (χ3n) is 2.39. The molecule has 0 aromatic carbocycles. The maximum atomic E-state index is 12.3. The topological polar surface area (TPSA) is 103 Å². The molecule has 0 amide bonds. The fraction of sp³-hybridized carbons (Fsp3) is 0. The van der Waals surface area contributed by atoms with Crippen molar-refractivity contribution >= 4 is 38.6 Å². The monoisotopic (exact) mass is 342 g/mol. The first kappa shape index (κ1) is 13.9. The van der Waals surface area contributed by atoms with E-state index >= 15 is 0 Å². The highest BCUT2D eigenvalue weighted by molar-refractivity contribution is 7.94. The molecule has 11 heteroatoms. The molecular weight excluding hydrogens is 336 g/mol. The van der Waals surface area contributed by atoms with Gasteiger partial charge in [0.15, 0.2) is 14.5 Å². The number of halogens is 1. The Bertz CT molecular complexity index is 861. The van der Waals surface area contributed by atoms with E-state index in [1.807, 2.05) is 0 Å². The zero-order valence-corrected chi connectivity index (χ0v) is 12.6. The molecule has 3 aromatic rings. The van der Waals surface area contributed by atoms with Crippen LogP contribution in [-0.4, -0.2) is 33.2 Å². The number of hydrogen-bond donors (Lipinski definition) is 1. The lowest BCUT2D eigenvalue weighted by Gasteiger charge is -2.09. The van der Waals surface area contributed by atoms with Gasteiger partial charge in [0.05, 0.1) is 11.9 Å². The number of nitrogens with zero attached hydrogens (tertiary/aromatic N) is 5. The summed E-state index contributed by atoms with van der Waals surface area (Å²) in [5.41, 5.74) is 0.271. The van der Waals surface area contributed by atoms with Crippen molar-refractivity contribution in [2.45, 2.75) is 4.21 Å². The quantitative estimate of drug-likeness (QED) is 0.772. The smallest absolute Gasteiger partial charge is 0.273 e. The van der Waals surface area contributed by atoms with Gasteiger partial charge in [0.1, 0.15) is 12.7 Å². The minimum atomic E-state index is -3.79. The molecule has 3 heterocycles. The maximum absolute atomic E-state index is 12.3. The number of rotatable bonds is 4. The molecule has 0 radical (unpaired) electrons. The molecule has 3 rings (SSSR count). The Kier molecular flexibility index (Phi) is 3.57. The van der Waals surface area contributed by atoms with Crippen LogP contribution in [0.2, 0.25) is 4.47 Å². The number of pyridine rings is 1. The predicted molar refractivity (Wildman–Crippen MR) is 77.1 cm³/mol. The SMILES string of the molecule is O=S(=O)(Nc1cccnc1-n1cncn1)c1cnc(Cl)s1. The molecule has 0 aliphatic rings. The molecule has 0 fully saturated rings. The average Bonchev–Trinajstić information content (AvgIpc) is 3.10. The van der Waals surface area contributed by atoms with Gasteiger partial charge in [-0.3, -0.25) is 4.72 Å². The Morgan fingerprint density at radius 1 is 1.33 bits per heavy atom. The van der Waals surface area contributed by atoms with Gasteiger partial charge >= 0.3 is 0 Å². The number of hydrogen-bond acceptors (Lipinski definition) is 7. The number of thiazole rings is 1. The van der Waals surface area contributed by atoms with Gasteiger partial charge in [-0.25, -0.2) is 28.1 Å². The summed E-state index contributed by atoms with van der Waals surface area (Å²) in [6, 6.07) is 3.18. The van der Waals surface area contributed by atoms with Gasteiger partial charge in [-0.15, -0.1) is 0 Å². The van der Waals surface area contributed by atoms with Gasteiger partial charge < -0.3 is 0 Å². The van der Waals surface area contributed by atoms with Crippen molar-refractivity contribution in [2.24, 2.45) is 0 Å². The third kappa shape index (κ3) is 2.86. The first-order valence-electron chi connectivity index (χ1n) is 5.50. The van der Waals surface area contributed by atoms with E-state index < -0.39 is 10.0 Å². The Labute approximate surface area is 128 Å². The summed E-state index contributed by atoms with van der Waals surface area (Å²) in [6.45, 7) is 0. The molecule has 8 nitrogen and oxygen atoms in total. The lowest BCUT2D eigenvalue weighted by molar-refractivity contribution is 0.603. The van der Waals surface area contributed by atoms with Gasteiger partial charge in [-0.05, 0) is 12.1 Å². The van der Waals surface area contributed by atoms with E-state index in [0.29, 0.717) is 5.82 Å². The molecule has 108 valence electrons. The van der Waals surface area contributed by atoms with E-state index in [0.717, 1.165) is 11.3 Å². The van der Waals surface area contributed by atoms with E-state index in [1.165, 1.54) is 29.7 Å². The largest absolute Gasteiger partial charge is 0.275 e. The summed E-state index contributed by atoms with van der Waals surface area (Å²) in [5, 5.41) is 3.93. The number of sulfonamides is 1. The Hall–Kier alpha value is -2.04. The molecule has 0 unspecified atom stereocenters. The zero-order valence-electron chi connectivity index (χ0n) is 10.2. The molecule has 0 spiro atoms. The molecular formula is C10H7ClN6O2S2. The Morgan fingerprint density at radius 3 is 2.86 bits per heavy atom. The van der Waals surface area contributed by atoms with Crippen LogP contribution in [0, 0.1) is 0 Å². The molecule has 0 aliphatic carbocycles. The predicted octanol–water partition coefficient (Wildman–Crippen LogP) is 1.57. The third-order valence-corrected chi connectivity index (χ3v) is 5.33. The van der Waals surface area contributed by atoms with Crippen LogP contribution in [0.15, 0.2) is 41.4 Å². The van der Waals surface area contributed by atoms with Crippen LogP contribution in [0.3, 0.4) is 0 Å². The summed E-state index contributed by atoms with van der Waals surface area (Å²) >= 11 is 6.53.